The summed E-state index contributed by atoms with van der Waals surface area (Å²) in [6.07, 6.45) is 2.72. The zero-order chi connectivity index (χ0) is 20.5. The van der Waals surface area contributed by atoms with Crippen LogP contribution in [0.5, 0.6) is 0 Å². The summed E-state index contributed by atoms with van der Waals surface area (Å²) in [7, 11) is 0. The smallest absolute Gasteiger partial charge is 0.227 e. The number of hydrogen-bond donors (Lipinski definition) is 0. The van der Waals surface area contributed by atoms with Gasteiger partial charge in [-0.25, -0.2) is 4.98 Å². The van der Waals surface area contributed by atoms with Crippen LogP contribution < -0.4 is 0 Å². The van der Waals surface area contributed by atoms with Gasteiger partial charge >= 0.3 is 0 Å². The number of aryl methyl sites for hydroxylation is 1. The van der Waals surface area contributed by atoms with E-state index in [1.54, 1.807) is 22.7 Å². The number of halogens is 1. The second-order valence-corrected chi connectivity index (χ2v) is 9.62. The third kappa shape index (κ3) is 4.12. The van der Waals surface area contributed by atoms with Gasteiger partial charge in [-0.1, -0.05) is 16.8 Å². The number of nitrogens with zero attached hydrogens (tertiary/aromatic N) is 4. The van der Waals surface area contributed by atoms with E-state index in [2.05, 4.69) is 10.1 Å². The highest BCUT2D eigenvalue weighted by Gasteiger charge is 2.26. The molecule has 0 N–H and O–H groups in total. The minimum atomic E-state index is 0.139. The minimum Gasteiger partial charge on any atom is -0.343 e. The van der Waals surface area contributed by atoms with Crippen molar-refractivity contribution in [2.24, 2.45) is 0 Å². The van der Waals surface area contributed by atoms with Crippen molar-refractivity contribution in [3.63, 3.8) is 0 Å². The van der Waals surface area contributed by atoms with Crippen LogP contribution >= 0.6 is 34.3 Å². The van der Waals surface area contributed by atoms with Crippen LogP contribution in [-0.4, -0.2) is 39.0 Å². The lowest BCUT2D eigenvalue weighted by Crippen LogP contribution is -2.38. The molecule has 0 atom stereocenters. The number of piperidine rings is 1. The average molecular weight is 459 g/mol. The molecular formula is C21H19ClN4O2S2. The van der Waals surface area contributed by atoms with Crippen LogP contribution in [0, 0.1) is 0 Å². The van der Waals surface area contributed by atoms with Gasteiger partial charge in [0, 0.05) is 47.8 Å². The Hall–Kier alpha value is -2.29. The highest BCUT2D eigenvalue weighted by Crippen LogP contribution is 2.34. The number of carbonyl (C=O) groups is 1. The summed E-state index contributed by atoms with van der Waals surface area (Å²) in [6.45, 7) is 1.51. The monoisotopic (exact) mass is 458 g/mol. The van der Waals surface area contributed by atoms with Crippen LogP contribution in [0.1, 0.15) is 36.1 Å². The van der Waals surface area contributed by atoms with E-state index in [-0.39, 0.29) is 5.91 Å². The summed E-state index contributed by atoms with van der Waals surface area (Å²) in [5, 5.41) is 9.80. The summed E-state index contributed by atoms with van der Waals surface area (Å²) in [6, 6.07) is 7.80. The molecule has 1 saturated heterocycles. The molecule has 1 aromatic carbocycles. The zero-order valence-electron chi connectivity index (χ0n) is 16.1. The first-order chi connectivity index (χ1) is 14.7. The van der Waals surface area contributed by atoms with Crippen molar-refractivity contribution in [2.75, 3.05) is 13.1 Å². The average Bonchev–Trinajstić information content (AvgIpc) is 3.52. The van der Waals surface area contributed by atoms with Crippen LogP contribution in [0.4, 0.5) is 0 Å². The summed E-state index contributed by atoms with van der Waals surface area (Å²) in [5.41, 5.74) is 1.91. The number of benzene rings is 1. The first-order valence-corrected chi connectivity index (χ1v) is 12.0. The summed E-state index contributed by atoms with van der Waals surface area (Å²) < 4.78 is 6.46. The maximum Gasteiger partial charge on any atom is 0.227 e. The maximum absolute atomic E-state index is 12.6. The van der Waals surface area contributed by atoms with E-state index in [4.69, 9.17) is 21.1 Å². The largest absolute Gasteiger partial charge is 0.343 e. The Bertz CT molecular complexity index is 1160. The van der Waals surface area contributed by atoms with E-state index in [0.717, 1.165) is 46.7 Å². The van der Waals surface area contributed by atoms with Gasteiger partial charge in [-0.3, -0.25) is 4.79 Å². The second kappa shape index (κ2) is 8.45. The molecule has 9 heteroatoms. The Labute approximate surface area is 186 Å². The van der Waals surface area contributed by atoms with Crippen molar-refractivity contribution in [3.05, 3.63) is 50.9 Å². The Morgan fingerprint density at radius 2 is 2.10 bits per heavy atom. The normalized spacial score (nSPS) is 15.2. The first-order valence-electron chi connectivity index (χ1n) is 9.84. The standard InChI is InChI=1S/C21H19ClN4O2S2/c22-15-1-2-17-16(11-15)23-21(30-17)13-5-8-26(9-6-13)19(27)4-3-18-24-20(25-28-18)14-7-10-29-12-14/h1-2,7,10-13H,3-6,8-9H2. The molecule has 3 aromatic heterocycles. The van der Waals surface area contributed by atoms with Crippen molar-refractivity contribution < 1.29 is 9.32 Å². The van der Waals surface area contributed by atoms with E-state index in [1.165, 1.54) is 0 Å². The summed E-state index contributed by atoms with van der Waals surface area (Å²) >= 11 is 9.39. The molecule has 0 bridgehead atoms. The lowest BCUT2D eigenvalue weighted by molar-refractivity contribution is -0.132. The molecule has 0 saturated carbocycles. The first kappa shape index (κ1) is 19.7. The SMILES string of the molecule is O=C(CCc1nc(-c2ccsc2)no1)N1CCC(c2nc3cc(Cl)ccc3s2)CC1. The Morgan fingerprint density at radius 1 is 1.23 bits per heavy atom. The maximum atomic E-state index is 12.6. The summed E-state index contributed by atoms with van der Waals surface area (Å²) in [5.74, 6) is 1.62. The molecule has 0 unspecified atom stereocenters. The molecule has 5 rings (SSSR count). The van der Waals surface area contributed by atoms with Crippen molar-refractivity contribution >= 4 is 50.4 Å². The second-order valence-electron chi connectivity index (χ2n) is 7.34. The minimum absolute atomic E-state index is 0.139. The zero-order valence-corrected chi connectivity index (χ0v) is 18.5. The molecule has 154 valence electrons. The number of aromatic nitrogens is 3. The fraction of sp³-hybridized carbons (Fsp3) is 0.333. The number of rotatable bonds is 5. The number of hydrogen-bond acceptors (Lipinski definition) is 7. The molecule has 4 aromatic rings. The molecule has 1 amide bonds. The van der Waals surface area contributed by atoms with Gasteiger partial charge in [-0.15, -0.1) is 11.3 Å². The highest BCUT2D eigenvalue weighted by atomic mass is 35.5. The lowest BCUT2D eigenvalue weighted by Gasteiger charge is -2.31. The van der Waals surface area contributed by atoms with E-state index in [0.29, 0.717) is 35.5 Å². The van der Waals surface area contributed by atoms with Crippen LogP contribution in [-0.2, 0) is 11.2 Å². The van der Waals surface area contributed by atoms with Crippen molar-refractivity contribution in [2.45, 2.75) is 31.6 Å². The third-order valence-corrected chi connectivity index (χ3v) is 7.48. The van der Waals surface area contributed by atoms with E-state index in [9.17, 15) is 4.79 Å². The Kier molecular flexibility index (Phi) is 5.54. The van der Waals surface area contributed by atoms with Gasteiger partial charge in [-0.05, 0) is 42.5 Å². The molecule has 1 aliphatic heterocycles. The number of thiazole rings is 1. The van der Waals surface area contributed by atoms with E-state index < -0.39 is 0 Å². The number of fused-ring (bicyclic) bond motifs is 1. The summed E-state index contributed by atoms with van der Waals surface area (Å²) in [4.78, 5) is 23.7. The van der Waals surface area contributed by atoms with Crippen LogP contribution in [0.2, 0.25) is 5.02 Å². The molecule has 1 fully saturated rings. The number of thiophene rings is 1. The number of amides is 1. The van der Waals surface area contributed by atoms with Crippen LogP contribution in [0.15, 0.2) is 39.5 Å². The molecule has 4 heterocycles. The number of carbonyl (C=O) groups excluding carboxylic acids is 1. The van der Waals surface area contributed by atoms with Gasteiger partial charge in [-0.2, -0.15) is 16.3 Å². The topological polar surface area (TPSA) is 72.1 Å². The molecule has 6 nitrogen and oxygen atoms in total. The molecule has 1 aliphatic rings. The fourth-order valence-electron chi connectivity index (χ4n) is 3.71. The number of likely N-dealkylation sites (tertiary alicyclic amines) is 1. The van der Waals surface area contributed by atoms with Crippen LogP contribution in [0.3, 0.4) is 0 Å². The molecule has 30 heavy (non-hydrogen) atoms. The van der Waals surface area contributed by atoms with Gasteiger partial charge < -0.3 is 9.42 Å². The van der Waals surface area contributed by atoms with Gasteiger partial charge in [0.2, 0.25) is 17.6 Å². The fourth-order valence-corrected chi connectivity index (χ4v) is 5.62. The van der Waals surface area contributed by atoms with Crippen molar-refractivity contribution in [1.29, 1.82) is 0 Å². The highest BCUT2D eigenvalue weighted by molar-refractivity contribution is 7.18. The van der Waals surface area contributed by atoms with E-state index >= 15 is 0 Å². The third-order valence-electron chi connectivity index (χ3n) is 5.36. The van der Waals surface area contributed by atoms with Gasteiger partial charge in [0.1, 0.15) is 0 Å². The lowest BCUT2D eigenvalue weighted by atomic mass is 9.97. The van der Waals surface area contributed by atoms with Crippen LogP contribution in [0.25, 0.3) is 21.6 Å². The predicted octanol–water partition coefficient (Wildman–Crippen LogP) is 5.40. The molecule has 0 aliphatic carbocycles. The van der Waals surface area contributed by atoms with Crippen molar-refractivity contribution in [1.82, 2.24) is 20.0 Å². The van der Waals surface area contributed by atoms with Gasteiger partial charge in [0.05, 0.1) is 15.2 Å². The predicted molar refractivity (Wildman–Crippen MR) is 119 cm³/mol. The van der Waals surface area contributed by atoms with Gasteiger partial charge in [0.15, 0.2) is 0 Å². The Balaban J connectivity index is 1.15. The molecule has 0 radical (unpaired) electrons. The van der Waals surface area contributed by atoms with E-state index in [1.807, 2.05) is 39.9 Å². The van der Waals surface area contributed by atoms with Gasteiger partial charge in [0.25, 0.3) is 0 Å². The quantitative estimate of drug-likeness (QED) is 0.400. The Morgan fingerprint density at radius 3 is 2.90 bits per heavy atom. The molecule has 0 spiro atoms. The molecular weight excluding hydrogens is 440 g/mol. The van der Waals surface area contributed by atoms with Crippen molar-refractivity contribution in [3.8, 4) is 11.4 Å².